The third-order valence-electron chi connectivity index (χ3n) is 6.94. The molecule has 8 nitrogen and oxygen atoms in total. The minimum Gasteiger partial charge on any atom is -0.339 e. The van der Waals surface area contributed by atoms with Gasteiger partial charge in [-0.1, -0.05) is 0 Å². The molecule has 2 fully saturated rings. The Morgan fingerprint density at radius 3 is 2.76 bits per heavy atom. The Kier molecular flexibility index (Phi) is 4.09. The number of fused-ring (bicyclic) bond motifs is 1. The second-order valence-corrected chi connectivity index (χ2v) is 8.56. The third kappa shape index (κ3) is 2.87. The Labute approximate surface area is 168 Å². The molecule has 0 unspecified atom stereocenters. The summed E-state index contributed by atoms with van der Waals surface area (Å²) < 4.78 is 1.55. The minimum atomic E-state index is -0.124. The molecule has 1 N–H and O–H groups in total. The van der Waals surface area contributed by atoms with Gasteiger partial charge in [0.1, 0.15) is 0 Å². The largest absolute Gasteiger partial charge is 0.339 e. The van der Waals surface area contributed by atoms with E-state index in [1.54, 1.807) is 10.9 Å². The number of hydrogen-bond acceptors (Lipinski definition) is 5. The number of H-pyrrole nitrogens is 1. The van der Waals surface area contributed by atoms with Gasteiger partial charge in [-0.15, -0.1) is 0 Å². The number of piperidine rings is 1. The SMILES string of the molecule is Cc1c(C(=O)N2CCC(C3(C#N)CC3)CC2)cnn1-c1nc2c(c(=O)[nH]1)CCC2. The van der Waals surface area contributed by atoms with E-state index in [1.807, 2.05) is 11.8 Å². The van der Waals surface area contributed by atoms with Crippen molar-refractivity contribution in [3.63, 3.8) is 0 Å². The molecule has 3 aliphatic rings. The first-order valence-electron chi connectivity index (χ1n) is 10.4. The zero-order chi connectivity index (χ0) is 20.2. The van der Waals surface area contributed by atoms with Crippen LogP contribution >= 0.6 is 0 Å². The van der Waals surface area contributed by atoms with E-state index in [0.29, 0.717) is 36.2 Å². The topological polar surface area (TPSA) is 108 Å². The summed E-state index contributed by atoms with van der Waals surface area (Å²) in [5.74, 6) is 0.731. The monoisotopic (exact) mass is 392 g/mol. The van der Waals surface area contributed by atoms with Gasteiger partial charge in [0.25, 0.3) is 11.5 Å². The van der Waals surface area contributed by atoms with Crippen molar-refractivity contribution in [1.29, 1.82) is 5.26 Å². The molecule has 0 radical (unpaired) electrons. The number of rotatable bonds is 3. The lowest BCUT2D eigenvalue weighted by Gasteiger charge is -2.34. The van der Waals surface area contributed by atoms with Gasteiger partial charge in [0, 0.05) is 18.7 Å². The van der Waals surface area contributed by atoms with Crippen LogP contribution in [-0.4, -0.2) is 43.6 Å². The van der Waals surface area contributed by atoms with Crippen molar-refractivity contribution in [1.82, 2.24) is 24.6 Å². The van der Waals surface area contributed by atoms with Crippen LogP contribution in [0.5, 0.6) is 0 Å². The molecule has 1 saturated carbocycles. The van der Waals surface area contributed by atoms with Crippen molar-refractivity contribution in [2.24, 2.45) is 11.3 Å². The highest BCUT2D eigenvalue weighted by molar-refractivity contribution is 5.95. The Balaban J connectivity index is 1.35. The number of hydrogen-bond donors (Lipinski definition) is 1. The number of carbonyl (C=O) groups excluding carboxylic acids is 1. The van der Waals surface area contributed by atoms with Crippen LogP contribution in [0.2, 0.25) is 0 Å². The van der Waals surface area contributed by atoms with Gasteiger partial charge >= 0.3 is 0 Å². The van der Waals surface area contributed by atoms with E-state index in [2.05, 4.69) is 21.1 Å². The van der Waals surface area contributed by atoms with Crippen molar-refractivity contribution < 1.29 is 4.79 Å². The number of carbonyl (C=O) groups is 1. The standard InChI is InChI=1S/C21H24N6O2/c1-13-16(19(29)26-9-5-14(6-10-26)21(12-22)7-8-21)11-23-27(13)20-24-17-4-2-3-15(17)18(28)25-20/h11,14H,2-10H2,1H3,(H,24,25,28). The average Bonchev–Trinajstić information content (AvgIpc) is 3.22. The molecule has 150 valence electrons. The molecule has 2 aromatic rings. The van der Waals surface area contributed by atoms with E-state index in [1.165, 1.54) is 0 Å². The molecule has 0 atom stereocenters. The molecule has 0 bridgehead atoms. The summed E-state index contributed by atoms with van der Waals surface area (Å²) in [6, 6.07) is 2.50. The first-order valence-corrected chi connectivity index (χ1v) is 10.4. The predicted molar refractivity (Wildman–Crippen MR) is 105 cm³/mol. The quantitative estimate of drug-likeness (QED) is 0.858. The maximum atomic E-state index is 13.1. The molecule has 2 aromatic heterocycles. The van der Waals surface area contributed by atoms with E-state index in [9.17, 15) is 14.9 Å². The van der Waals surface area contributed by atoms with Gasteiger partial charge < -0.3 is 4.90 Å². The molecule has 3 heterocycles. The van der Waals surface area contributed by atoms with Crippen LogP contribution in [0.25, 0.3) is 5.95 Å². The number of nitrogens with one attached hydrogen (secondary N) is 1. The summed E-state index contributed by atoms with van der Waals surface area (Å²) >= 11 is 0. The van der Waals surface area contributed by atoms with Gasteiger partial charge in [-0.3, -0.25) is 14.6 Å². The van der Waals surface area contributed by atoms with Crippen molar-refractivity contribution in [2.45, 2.75) is 51.9 Å². The van der Waals surface area contributed by atoms with Gasteiger partial charge in [0.05, 0.1) is 34.6 Å². The van der Waals surface area contributed by atoms with Crippen LogP contribution in [0.1, 0.15) is 59.4 Å². The average molecular weight is 392 g/mol. The predicted octanol–water partition coefficient (Wildman–Crippen LogP) is 1.91. The Bertz CT molecular complexity index is 1080. The zero-order valence-electron chi connectivity index (χ0n) is 16.6. The molecule has 1 amide bonds. The van der Waals surface area contributed by atoms with Crippen LogP contribution in [0.4, 0.5) is 0 Å². The number of nitrogens with zero attached hydrogens (tertiary/aromatic N) is 5. The molecule has 29 heavy (non-hydrogen) atoms. The molecule has 5 rings (SSSR count). The summed E-state index contributed by atoms with van der Waals surface area (Å²) in [5, 5.41) is 13.8. The highest BCUT2D eigenvalue weighted by Crippen LogP contribution is 2.54. The van der Waals surface area contributed by atoms with Crippen LogP contribution in [0, 0.1) is 29.6 Å². The summed E-state index contributed by atoms with van der Waals surface area (Å²) in [6.45, 7) is 3.17. The van der Waals surface area contributed by atoms with Crippen molar-refractivity contribution in [2.75, 3.05) is 13.1 Å². The third-order valence-corrected chi connectivity index (χ3v) is 6.94. The van der Waals surface area contributed by atoms with E-state index in [-0.39, 0.29) is 16.9 Å². The van der Waals surface area contributed by atoms with Crippen LogP contribution in [-0.2, 0) is 12.8 Å². The zero-order valence-corrected chi connectivity index (χ0v) is 16.6. The molecule has 0 spiro atoms. The highest BCUT2D eigenvalue weighted by Gasteiger charge is 2.50. The van der Waals surface area contributed by atoms with Crippen LogP contribution < -0.4 is 5.56 Å². The Hall–Kier alpha value is -2.95. The molecular formula is C21H24N6O2. The molecule has 8 heteroatoms. The van der Waals surface area contributed by atoms with E-state index in [4.69, 9.17) is 0 Å². The summed E-state index contributed by atoms with van der Waals surface area (Å²) in [6.07, 6.45) is 7.84. The molecule has 0 aromatic carbocycles. The fourth-order valence-electron chi connectivity index (χ4n) is 4.91. The van der Waals surface area contributed by atoms with Gasteiger partial charge in [-0.2, -0.15) is 10.4 Å². The smallest absolute Gasteiger partial charge is 0.257 e. The summed E-state index contributed by atoms with van der Waals surface area (Å²) in [4.78, 5) is 34.6. The van der Waals surface area contributed by atoms with Gasteiger partial charge in [0.15, 0.2) is 0 Å². The number of amides is 1. The van der Waals surface area contributed by atoms with Crippen LogP contribution in [0.15, 0.2) is 11.0 Å². The fourth-order valence-corrected chi connectivity index (χ4v) is 4.91. The fraction of sp³-hybridized carbons (Fsp3) is 0.571. The van der Waals surface area contributed by atoms with Crippen LogP contribution in [0.3, 0.4) is 0 Å². The lowest BCUT2D eigenvalue weighted by molar-refractivity contribution is 0.0664. The normalized spacial score (nSPS) is 20.3. The van der Waals surface area contributed by atoms with E-state index >= 15 is 0 Å². The van der Waals surface area contributed by atoms with Gasteiger partial charge in [0.2, 0.25) is 5.95 Å². The summed E-state index contributed by atoms with van der Waals surface area (Å²) in [7, 11) is 0. The second-order valence-electron chi connectivity index (χ2n) is 8.56. The number of likely N-dealkylation sites (tertiary alicyclic amines) is 1. The molecular weight excluding hydrogens is 368 g/mol. The van der Waals surface area contributed by atoms with Gasteiger partial charge in [-0.05, 0) is 57.8 Å². The number of aromatic nitrogens is 4. The van der Waals surface area contributed by atoms with E-state index in [0.717, 1.165) is 56.2 Å². The number of aryl methyl sites for hydroxylation is 1. The number of aromatic amines is 1. The molecule has 1 aliphatic heterocycles. The maximum absolute atomic E-state index is 13.1. The van der Waals surface area contributed by atoms with Crippen molar-refractivity contribution in [3.05, 3.63) is 39.1 Å². The molecule has 1 saturated heterocycles. The first-order chi connectivity index (χ1) is 14.0. The van der Waals surface area contributed by atoms with Crippen molar-refractivity contribution >= 4 is 5.91 Å². The second kappa shape index (κ2) is 6.55. The molecule has 2 aliphatic carbocycles. The van der Waals surface area contributed by atoms with Gasteiger partial charge in [-0.25, -0.2) is 9.67 Å². The first kappa shape index (κ1) is 18.1. The van der Waals surface area contributed by atoms with E-state index < -0.39 is 0 Å². The number of nitriles is 1. The summed E-state index contributed by atoms with van der Waals surface area (Å²) in [5.41, 5.74) is 2.57. The Morgan fingerprint density at radius 1 is 1.31 bits per heavy atom. The minimum absolute atomic E-state index is 0.0440. The highest BCUT2D eigenvalue weighted by atomic mass is 16.2. The maximum Gasteiger partial charge on any atom is 0.257 e. The van der Waals surface area contributed by atoms with Crippen molar-refractivity contribution in [3.8, 4) is 12.0 Å². The lowest BCUT2D eigenvalue weighted by atomic mass is 9.82. The Morgan fingerprint density at radius 2 is 2.07 bits per heavy atom. The lowest BCUT2D eigenvalue weighted by Crippen LogP contribution is -2.40.